The molecule has 26 heavy (non-hydrogen) atoms. The van der Waals surface area contributed by atoms with E-state index in [0.717, 1.165) is 42.2 Å². The van der Waals surface area contributed by atoms with Gasteiger partial charge in [-0.3, -0.25) is 0 Å². The van der Waals surface area contributed by atoms with E-state index >= 15 is 0 Å². The van der Waals surface area contributed by atoms with Crippen molar-refractivity contribution in [2.24, 2.45) is 0 Å². The van der Waals surface area contributed by atoms with Crippen molar-refractivity contribution >= 4 is 17.4 Å². The average molecular weight is 353 g/mol. The Balaban J connectivity index is 1.63. The zero-order valence-electron chi connectivity index (χ0n) is 15.8. The molecule has 0 radical (unpaired) electrons. The van der Waals surface area contributed by atoms with Crippen LogP contribution < -0.4 is 15.0 Å². The molecule has 1 fully saturated rings. The zero-order chi connectivity index (χ0) is 18.5. The van der Waals surface area contributed by atoms with E-state index in [0.29, 0.717) is 13.1 Å². The van der Waals surface area contributed by atoms with Crippen LogP contribution in [-0.4, -0.2) is 44.2 Å². The van der Waals surface area contributed by atoms with Gasteiger partial charge in [-0.15, -0.1) is 0 Å². The molecule has 1 N–H and O–H groups in total. The van der Waals surface area contributed by atoms with Gasteiger partial charge in [-0.1, -0.05) is 31.2 Å². The Kier molecular flexibility index (Phi) is 5.66. The number of para-hydroxylation sites is 1. The Labute approximate surface area is 155 Å². The second-order valence-electron chi connectivity index (χ2n) is 6.59. The number of nitrogens with one attached hydrogen (secondary N) is 1. The Hall–Kier alpha value is -2.69. The molecule has 0 unspecified atom stereocenters. The highest BCUT2D eigenvalue weighted by atomic mass is 16.5. The van der Waals surface area contributed by atoms with E-state index in [1.165, 1.54) is 5.56 Å². The Morgan fingerprint density at radius 3 is 2.54 bits per heavy atom. The van der Waals surface area contributed by atoms with E-state index in [2.05, 4.69) is 42.3 Å². The summed E-state index contributed by atoms with van der Waals surface area (Å²) >= 11 is 0. The summed E-state index contributed by atoms with van der Waals surface area (Å²) in [4.78, 5) is 16.8. The third-order valence-corrected chi connectivity index (χ3v) is 4.88. The number of methoxy groups -OCH3 is 1. The summed E-state index contributed by atoms with van der Waals surface area (Å²) in [6.07, 6.45) is 0.900. The van der Waals surface area contributed by atoms with Gasteiger partial charge in [-0.05, 0) is 42.7 Å². The average Bonchev–Trinajstić information content (AvgIpc) is 2.68. The van der Waals surface area contributed by atoms with Crippen LogP contribution in [0.5, 0.6) is 5.75 Å². The van der Waals surface area contributed by atoms with Crippen LogP contribution in [0.15, 0.2) is 42.5 Å². The summed E-state index contributed by atoms with van der Waals surface area (Å²) in [6, 6.07) is 14.2. The highest BCUT2D eigenvalue weighted by molar-refractivity contribution is 5.90. The third kappa shape index (κ3) is 3.93. The van der Waals surface area contributed by atoms with Gasteiger partial charge in [-0.2, -0.15) is 0 Å². The van der Waals surface area contributed by atoms with Crippen molar-refractivity contribution < 1.29 is 9.53 Å². The van der Waals surface area contributed by atoms with Gasteiger partial charge in [-0.25, -0.2) is 4.79 Å². The summed E-state index contributed by atoms with van der Waals surface area (Å²) in [5, 5.41) is 3.06. The van der Waals surface area contributed by atoms with Gasteiger partial charge in [0.1, 0.15) is 5.75 Å². The van der Waals surface area contributed by atoms with Crippen LogP contribution in [0.2, 0.25) is 0 Å². The second kappa shape index (κ2) is 8.13. The lowest BCUT2D eigenvalue weighted by Gasteiger charge is -2.36. The zero-order valence-corrected chi connectivity index (χ0v) is 15.8. The number of rotatable bonds is 4. The fourth-order valence-corrected chi connectivity index (χ4v) is 3.34. The molecule has 3 rings (SSSR count). The maximum atomic E-state index is 12.6. The van der Waals surface area contributed by atoms with E-state index in [9.17, 15) is 4.79 Å². The number of carbonyl (C=O) groups is 1. The molecule has 1 heterocycles. The van der Waals surface area contributed by atoms with E-state index < -0.39 is 0 Å². The van der Waals surface area contributed by atoms with Crippen molar-refractivity contribution in [3.63, 3.8) is 0 Å². The summed E-state index contributed by atoms with van der Waals surface area (Å²) in [6.45, 7) is 7.15. The monoisotopic (exact) mass is 353 g/mol. The van der Waals surface area contributed by atoms with Gasteiger partial charge in [0.2, 0.25) is 0 Å². The topological polar surface area (TPSA) is 44.8 Å². The van der Waals surface area contributed by atoms with E-state index in [1.807, 2.05) is 29.2 Å². The Morgan fingerprint density at radius 2 is 1.85 bits per heavy atom. The largest absolute Gasteiger partial charge is 0.495 e. The van der Waals surface area contributed by atoms with Crippen LogP contribution in [0.4, 0.5) is 16.2 Å². The van der Waals surface area contributed by atoms with Gasteiger partial charge in [0, 0.05) is 31.9 Å². The Bertz CT molecular complexity index is 768. The maximum Gasteiger partial charge on any atom is 0.321 e. The highest BCUT2D eigenvalue weighted by Crippen LogP contribution is 2.30. The number of piperazine rings is 1. The summed E-state index contributed by atoms with van der Waals surface area (Å²) in [7, 11) is 1.70. The second-order valence-corrected chi connectivity index (χ2v) is 6.59. The van der Waals surface area contributed by atoms with Gasteiger partial charge in [0.25, 0.3) is 0 Å². The number of benzene rings is 2. The first-order valence-electron chi connectivity index (χ1n) is 9.15. The molecule has 0 atom stereocenters. The molecule has 2 aromatic rings. The lowest BCUT2D eigenvalue weighted by molar-refractivity contribution is 0.208. The summed E-state index contributed by atoms with van der Waals surface area (Å²) in [5.41, 5.74) is 4.37. The van der Waals surface area contributed by atoms with Crippen LogP contribution in [0.25, 0.3) is 0 Å². The standard InChI is InChI=1S/C21H27N3O2/c1-4-17-7-5-6-8-18(17)22-21(25)24-13-11-23(12-14-24)19-15-16(2)9-10-20(19)26-3/h5-10,15H,4,11-14H2,1-3H3,(H,22,25). The molecule has 2 aromatic carbocycles. The molecule has 138 valence electrons. The predicted molar refractivity (Wildman–Crippen MR) is 106 cm³/mol. The molecule has 1 saturated heterocycles. The molecule has 0 bridgehead atoms. The van der Waals surface area contributed by atoms with E-state index in [4.69, 9.17) is 4.74 Å². The van der Waals surface area contributed by atoms with Gasteiger partial charge in [0.15, 0.2) is 0 Å². The normalized spacial score (nSPS) is 14.3. The number of aryl methyl sites for hydroxylation is 2. The van der Waals surface area contributed by atoms with Crippen molar-refractivity contribution in [1.29, 1.82) is 0 Å². The molecule has 5 heteroatoms. The van der Waals surface area contributed by atoms with Crippen molar-refractivity contribution in [3.05, 3.63) is 53.6 Å². The summed E-state index contributed by atoms with van der Waals surface area (Å²) < 4.78 is 5.50. The van der Waals surface area contributed by atoms with Crippen LogP contribution >= 0.6 is 0 Å². The number of nitrogens with zero attached hydrogens (tertiary/aromatic N) is 2. The maximum absolute atomic E-state index is 12.6. The van der Waals surface area contributed by atoms with Crippen LogP contribution in [0.3, 0.4) is 0 Å². The quantitative estimate of drug-likeness (QED) is 0.906. The molecule has 1 aliphatic heterocycles. The molecule has 0 saturated carbocycles. The van der Waals surface area contributed by atoms with Crippen molar-refractivity contribution in [2.75, 3.05) is 43.5 Å². The molecular formula is C21H27N3O2. The first-order valence-corrected chi connectivity index (χ1v) is 9.15. The fourth-order valence-electron chi connectivity index (χ4n) is 3.34. The number of carbonyl (C=O) groups excluding carboxylic acids is 1. The number of hydrogen-bond donors (Lipinski definition) is 1. The third-order valence-electron chi connectivity index (χ3n) is 4.88. The lowest BCUT2D eigenvalue weighted by Crippen LogP contribution is -2.50. The van der Waals surface area contributed by atoms with Crippen LogP contribution in [-0.2, 0) is 6.42 Å². The number of urea groups is 1. The van der Waals surface area contributed by atoms with Crippen molar-refractivity contribution in [3.8, 4) is 5.75 Å². The first kappa shape index (κ1) is 18.1. The summed E-state index contributed by atoms with van der Waals surface area (Å²) in [5.74, 6) is 0.880. The molecular weight excluding hydrogens is 326 g/mol. The number of anilines is 2. The van der Waals surface area contributed by atoms with Crippen LogP contribution in [0, 0.1) is 6.92 Å². The number of hydrogen-bond acceptors (Lipinski definition) is 3. The minimum atomic E-state index is -0.0262. The first-order chi connectivity index (χ1) is 12.6. The van der Waals surface area contributed by atoms with Gasteiger partial charge >= 0.3 is 6.03 Å². The molecule has 2 amide bonds. The lowest BCUT2D eigenvalue weighted by atomic mass is 10.1. The fraction of sp³-hybridized carbons (Fsp3) is 0.381. The molecule has 0 spiro atoms. The van der Waals surface area contributed by atoms with Gasteiger partial charge in [0.05, 0.1) is 12.8 Å². The predicted octanol–water partition coefficient (Wildman–Crippen LogP) is 3.92. The molecule has 0 aromatic heterocycles. The SMILES string of the molecule is CCc1ccccc1NC(=O)N1CCN(c2cc(C)ccc2OC)CC1. The van der Waals surface area contributed by atoms with Crippen molar-refractivity contribution in [2.45, 2.75) is 20.3 Å². The smallest absolute Gasteiger partial charge is 0.321 e. The van der Waals surface area contributed by atoms with Crippen molar-refractivity contribution in [1.82, 2.24) is 4.90 Å². The minimum Gasteiger partial charge on any atom is -0.495 e. The Morgan fingerprint density at radius 1 is 1.12 bits per heavy atom. The minimum absolute atomic E-state index is 0.0262. The number of amides is 2. The van der Waals surface area contributed by atoms with E-state index in [-0.39, 0.29) is 6.03 Å². The van der Waals surface area contributed by atoms with Crippen LogP contribution in [0.1, 0.15) is 18.1 Å². The molecule has 1 aliphatic rings. The molecule has 0 aliphatic carbocycles. The molecule has 5 nitrogen and oxygen atoms in total. The number of ether oxygens (including phenoxy) is 1. The van der Waals surface area contributed by atoms with Gasteiger partial charge < -0.3 is 19.9 Å². The highest BCUT2D eigenvalue weighted by Gasteiger charge is 2.23. The van der Waals surface area contributed by atoms with E-state index in [1.54, 1.807) is 7.11 Å².